The Morgan fingerprint density at radius 2 is 1.88 bits per heavy atom. The second-order valence-electron chi connectivity index (χ2n) is 4.82. The summed E-state index contributed by atoms with van der Waals surface area (Å²) in [5, 5.41) is 2.65. The fourth-order valence-corrected chi connectivity index (χ4v) is 2.67. The molecule has 0 unspecified atom stereocenters. The summed E-state index contributed by atoms with van der Waals surface area (Å²) >= 11 is 0. The predicted octanol–water partition coefficient (Wildman–Crippen LogP) is 1.82. The highest BCUT2D eigenvalue weighted by atomic mass is 32.2. The molecule has 2 rings (SSSR count). The molecule has 0 aliphatic heterocycles. The van der Waals surface area contributed by atoms with Crippen LogP contribution in [0.25, 0.3) is 0 Å². The van der Waals surface area contributed by atoms with Gasteiger partial charge in [-0.3, -0.25) is 4.79 Å². The smallest absolute Gasteiger partial charge is 0.292 e. The van der Waals surface area contributed by atoms with Gasteiger partial charge in [0.05, 0.1) is 4.90 Å². The van der Waals surface area contributed by atoms with Crippen LogP contribution in [-0.4, -0.2) is 26.9 Å². The molecule has 0 bridgehead atoms. The lowest BCUT2D eigenvalue weighted by Crippen LogP contribution is -2.25. The van der Waals surface area contributed by atoms with Crippen molar-refractivity contribution in [2.45, 2.75) is 11.3 Å². The van der Waals surface area contributed by atoms with Gasteiger partial charge in [0.25, 0.3) is 22.0 Å². The second kappa shape index (κ2) is 7.63. The van der Waals surface area contributed by atoms with Gasteiger partial charge in [0.15, 0.2) is 0 Å². The van der Waals surface area contributed by atoms with Crippen LogP contribution in [0.3, 0.4) is 0 Å². The Balaban J connectivity index is 1.93. The highest BCUT2D eigenvalue weighted by Crippen LogP contribution is 2.13. The third kappa shape index (κ3) is 4.58. The van der Waals surface area contributed by atoms with E-state index in [9.17, 15) is 22.4 Å². The van der Waals surface area contributed by atoms with E-state index < -0.39 is 21.7 Å². The number of halogens is 1. The van der Waals surface area contributed by atoms with E-state index in [0.717, 1.165) is 17.7 Å². The molecule has 2 aromatic rings. The number of isocyanates is 1. The van der Waals surface area contributed by atoms with E-state index in [0.29, 0.717) is 13.0 Å². The van der Waals surface area contributed by atoms with Gasteiger partial charge in [-0.2, -0.15) is 8.42 Å². The lowest BCUT2D eigenvalue weighted by molar-refractivity contribution is 0.0953. The molecule has 0 aromatic heterocycles. The lowest BCUT2D eigenvalue weighted by atomic mass is 10.1. The first-order valence-electron chi connectivity index (χ1n) is 6.89. The van der Waals surface area contributed by atoms with E-state index in [1.807, 2.05) is 0 Å². The van der Waals surface area contributed by atoms with Crippen molar-refractivity contribution in [2.75, 3.05) is 6.54 Å². The first kappa shape index (κ1) is 17.5. The zero-order valence-corrected chi connectivity index (χ0v) is 13.2. The topological polar surface area (TPSA) is 92.7 Å². The number of sulfonamides is 1. The highest BCUT2D eigenvalue weighted by molar-refractivity contribution is 7.90. The lowest BCUT2D eigenvalue weighted by Gasteiger charge is -2.06. The molecule has 24 heavy (non-hydrogen) atoms. The van der Waals surface area contributed by atoms with Crippen LogP contribution in [0.5, 0.6) is 0 Å². The van der Waals surface area contributed by atoms with Crippen LogP contribution in [0.15, 0.2) is 57.8 Å². The number of hydrogen-bond acceptors (Lipinski definition) is 4. The van der Waals surface area contributed by atoms with Gasteiger partial charge in [-0.25, -0.2) is 9.18 Å². The number of carbonyl (C=O) groups excluding carboxylic acids is 2. The minimum absolute atomic E-state index is 0.113. The highest BCUT2D eigenvalue weighted by Gasteiger charge is 2.12. The van der Waals surface area contributed by atoms with Crippen LogP contribution in [0.1, 0.15) is 15.9 Å². The van der Waals surface area contributed by atoms with Gasteiger partial charge in [0, 0.05) is 12.1 Å². The number of benzene rings is 2. The number of rotatable bonds is 6. The molecule has 0 fully saturated rings. The Morgan fingerprint density at radius 3 is 2.50 bits per heavy atom. The molecule has 0 spiro atoms. The molecule has 1 N–H and O–H groups in total. The predicted molar refractivity (Wildman–Crippen MR) is 84.2 cm³/mol. The molecule has 0 aliphatic carbocycles. The summed E-state index contributed by atoms with van der Waals surface area (Å²) in [5.41, 5.74) is 1.01. The maximum Gasteiger partial charge on any atom is 0.292 e. The van der Waals surface area contributed by atoms with Crippen LogP contribution in [-0.2, 0) is 21.2 Å². The largest absolute Gasteiger partial charge is 0.352 e. The monoisotopic (exact) mass is 348 g/mol. The molecule has 0 heterocycles. The Bertz CT molecular complexity index is 889. The van der Waals surface area contributed by atoms with E-state index in [1.165, 1.54) is 30.3 Å². The molecule has 0 atom stereocenters. The van der Waals surface area contributed by atoms with Crippen LogP contribution >= 0.6 is 0 Å². The minimum Gasteiger partial charge on any atom is -0.352 e. The Hall–Kier alpha value is -2.83. The molecule has 0 saturated carbocycles. The standard InChI is InChI=1S/C16H13FN2O4S/c17-14-3-1-2-13(10-14)16(21)18-9-8-12-4-6-15(7-5-12)24(22,23)19-11-20/h1-7,10H,8-9H2,(H,18,21). The van der Waals surface area contributed by atoms with Gasteiger partial charge < -0.3 is 5.32 Å². The number of amides is 1. The van der Waals surface area contributed by atoms with E-state index in [4.69, 9.17) is 0 Å². The van der Waals surface area contributed by atoms with Crippen LogP contribution in [0.2, 0.25) is 0 Å². The fourth-order valence-electron chi connectivity index (χ4n) is 1.98. The summed E-state index contributed by atoms with van der Waals surface area (Å²) < 4.78 is 38.8. The number of nitrogens with zero attached hydrogens (tertiary/aromatic N) is 1. The Morgan fingerprint density at radius 1 is 1.17 bits per heavy atom. The third-order valence-corrected chi connectivity index (χ3v) is 4.35. The first-order valence-corrected chi connectivity index (χ1v) is 8.33. The molecule has 8 heteroatoms. The van der Waals surface area contributed by atoms with E-state index in [2.05, 4.69) is 9.71 Å². The molecule has 124 valence electrons. The molecule has 0 aliphatic rings. The average Bonchev–Trinajstić information content (AvgIpc) is 2.55. The number of hydrogen-bond donors (Lipinski definition) is 1. The Labute approximate surface area is 138 Å². The first-order chi connectivity index (χ1) is 11.4. The van der Waals surface area contributed by atoms with Crippen molar-refractivity contribution in [3.8, 4) is 0 Å². The zero-order chi connectivity index (χ0) is 17.6. The number of nitrogens with one attached hydrogen (secondary N) is 1. The summed E-state index contributed by atoms with van der Waals surface area (Å²) in [6.07, 6.45) is 1.46. The molecule has 1 amide bonds. The van der Waals surface area contributed by atoms with E-state index >= 15 is 0 Å². The summed E-state index contributed by atoms with van der Waals surface area (Å²) in [5.74, 6) is -0.883. The average molecular weight is 348 g/mol. The van der Waals surface area contributed by atoms with Crippen LogP contribution < -0.4 is 5.32 Å². The van der Waals surface area contributed by atoms with Crippen molar-refractivity contribution >= 4 is 22.0 Å². The molecule has 0 radical (unpaired) electrons. The fraction of sp³-hybridized carbons (Fsp3) is 0.125. The number of carbonyl (C=O) groups is 1. The van der Waals surface area contributed by atoms with Crippen LogP contribution in [0.4, 0.5) is 4.39 Å². The maximum atomic E-state index is 13.0. The van der Waals surface area contributed by atoms with Crippen molar-refractivity contribution in [2.24, 2.45) is 4.40 Å². The zero-order valence-electron chi connectivity index (χ0n) is 12.4. The van der Waals surface area contributed by atoms with Crippen LogP contribution in [0, 0.1) is 5.82 Å². The van der Waals surface area contributed by atoms with E-state index in [-0.39, 0.29) is 10.5 Å². The summed E-state index contributed by atoms with van der Waals surface area (Å²) in [6, 6.07) is 11.1. The van der Waals surface area contributed by atoms with Crippen molar-refractivity contribution in [1.29, 1.82) is 0 Å². The summed E-state index contributed by atoms with van der Waals surface area (Å²) in [7, 11) is -4.01. The van der Waals surface area contributed by atoms with Gasteiger partial charge in [-0.05, 0) is 42.3 Å². The molecule has 0 saturated heterocycles. The summed E-state index contributed by atoms with van der Waals surface area (Å²) in [6.45, 7) is 0.300. The molecule has 2 aromatic carbocycles. The SMILES string of the molecule is O=C=NS(=O)(=O)c1ccc(CCNC(=O)c2cccc(F)c2)cc1. The second-order valence-corrected chi connectivity index (χ2v) is 6.42. The van der Waals surface area contributed by atoms with Crippen molar-refractivity contribution < 1.29 is 22.4 Å². The minimum atomic E-state index is -4.01. The molecular weight excluding hydrogens is 335 g/mol. The van der Waals surface area contributed by atoms with Crippen molar-refractivity contribution in [3.05, 3.63) is 65.5 Å². The van der Waals surface area contributed by atoms with Gasteiger partial charge in [0.1, 0.15) is 5.82 Å². The van der Waals surface area contributed by atoms with E-state index in [1.54, 1.807) is 12.1 Å². The summed E-state index contributed by atoms with van der Waals surface area (Å²) in [4.78, 5) is 21.8. The maximum absolute atomic E-state index is 13.0. The molecule has 6 nitrogen and oxygen atoms in total. The van der Waals surface area contributed by atoms with Gasteiger partial charge in [-0.1, -0.05) is 22.6 Å². The van der Waals surface area contributed by atoms with Crippen molar-refractivity contribution in [1.82, 2.24) is 5.32 Å². The molecular formula is C16H13FN2O4S. The third-order valence-electron chi connectivity index (χ3n) is 3.16. The Kier molecular flexibility index (Phi) is 5.57. The van der Waals surface area contributed by atoms with Gasteiger partial charge in [-0.15, -0.1) is 0 Å². The quantitative estimate of drug-likeness (QED) is 0.637. The normalized spacial score (nSPS) is 10.7. The van der Waals surface area contributed by atoms with Gasteiger partial charge in [0.2, 0.25) is 0 Å². The van der Waals surface area contributed by atoms with Crippen molar-refractivity contribution in [3.63, 3.8) is 0 Å². The van der Waals surface area contributed by atoms with Gasteiger partial charge >= 0.3 is 0 Å².